The average Bonchev–Trinajstić information content (AvgIpc) is 3.43. The third-order valence-corrected chi connectivity index (χ3v) is 6.53. The van der Waals surface area contributed by atoms with Gasteiger partial charge in [0.25, 0.3) is 5.91 Å². The smallest absolute Gasteiger partial charge is 0.271 e. The van der Waals surface area contributed by atoms with Crippen LogP contribution in [0.15, 0.2) is 42.7 Å². The van der Waals surface area contributed by atoms with Crippen LogP contribution in [0, 0.1) is 6.92 Å². The van der Waals surface area contributed by atoms with Crippen molar-refractivity contribution in [3.05, 3.63) is 59.7 Å². The van der Waals surface area contributed by atoms with Gasteiger partial charge >= 0.3 is 0 Å². The van der Waals surface area contributed by atoms with Gasteiger partial charge in [0.1, 0.15) is 18.1 Å². The first-order valence-corrected chi connectivity index (χ1v) is 11.7. The molecule has 1 N–H and O–H groups in total. The molecule has 2 aliphatic rings. The SMILES string of the molecule is Cc1cnn(CC(=O)N2[C@@H]3CC[C@H]2Cn2c(-c4ccccc4)nc(C(=O)NC(C)C)c2C3)c1. The van der Waals surface area contributed by atoms with Crippen molar-refractivity contribution in [2.45, 2.75) is 71.2 Å². The summed E-state index contributed by atoms with van der Waals surface area (Å²) >= 11 is 0. The van der Waals surface area contributed by atoms with Crippen molar-refractivity contribution < 1.29 is 9.59 Å². The number of nitrogens with one attached hydrogen (secondary N) is 1. The molecule has 2 atom stereocenters. The van der Waals surface area contributed by atoms with Gasteiger partial charge in [-0.3, -0.25) is 14.3 Å². The molecule has 172 valence electrons. The van der Waals surface area contributed by atoms with Crippen molar-refractivity contribution in [2.75, 3.05) is 0 Å². The maximum absolute atomic E-state index is 13.3. The Morgan fingerprint density at radius 1 is 1.15 bits per heavy atom. The van der Waals surface area contributed by atoms with Crippen molar-refractivity contribution in [3.8, 4) is 11.4 Å². The molecule has 4 heterocycles. The third-order valence-electron chi connectivity index (χ3n) is 6.53. The van der Waals surface area contributed by atoms with Crippen molar-refractivity contribution in [2.24, 2.45) is 0 Å². The number of hydrogen-bond acceptors (Lipinski definition) is 4. The summed E-state index contributed by atoms with van der Waals surface area (Å²) in [6, 6.07) is 10.1. The number of fused-ring (bicyclic) bond motifs is 3. The van der Waals surface area contributed by atoms with E-state index in [1.54, 1.807) is 10.9 Å². The van der Waals surface area contributed by atoms with Gasteiger partial charge in [-0.15, -0.1) is 0 Å². The van der Waals surface area contributed by atoms with E-state index in [0.717, 1.165) is 35.5 Å². The van der Waals surface area contributed by atoms with E-state index in [4.69, 9.17) is 4.98 Å². The minimum atomic E-state index is -0.154. The van der Waals surface area contributed by atoms with Crippen LogP contribution in [-0.4, -0.2) is 54.2 Å². The van der Waals surface area contributed by atoms with E-state index in [0.29, 0.717) is 18.7 Å². The number of carbonyl (C=O) groups is 2. The molecule has 0 saturated carbocycles. The van der Waals surface area contributed by atoms with E-state index in [1.165, 1.54) is 0 Å². The van der Waals surface area contributed by atoms with Gasteiger partial charge in [-0.05, 0) is 39.2 Å². The first kappa shape index (κ1) is 21.4. The second-order valence-corrected chi connectivity index (χ2v) is 9.44. The number of rotatable bonds is 5. The van der Waals surface area contributed by atoms with E-state index in [9.17, 15) is 9.59 Å². The zero-order valence-corrected chi connectivity index (χ0v) is 19.4. The van der Waals surface area contributed by atoms with Gasteiger partial charge in [0.2, 0.25) is 5.91 Å². The molecule has 8 heteroatoms. The van der Waals surface area contributed by atoms with Crippen LogP contribution in [0.3, 0.4) is 0 Å². The molecule has 1 saturated heterocycles. The summed E-state index contributed by atoms with van der Waals surface area (Å²) in [6.45, 7) is 6.75. The number of benzene rings is 1. The molecular formula is C25H30N6O2. The van der Waals surface area contributed by atoms with Crippen LogP contribution in [0.5, 0.6) is 0 Å². The lowest BCUT2D eigenvalue weighted by molar-refractivity contribution is -0.134. The number of aromatic nitrogens is 4. The van der Waals surface area contributed by atoms with Crippen molar-refractivity contribution in [1.29, 1.82) is 0 Å². The fraction of sp³-hybridized carbons (Fsp3) is 0.440. The lowest BCUT2D eigenvalue weighted by Crippen LogP contribution is -2.43. The molecule has 3 aromatic rings. The van der Waals surface area contributed by atoms with Crippen LogP contribution in [0.1, 0.15) is 48.4 Å². The zero-order valence-electron chi connectivity index (χ0n) is 19.4. The highest BCUT2D eigenvalue weighted by atomic mass is 16.2. The summed E-state index contributed by atoms with van der Waals surface area (Å²) in [6.07, 6.45) is 6.18. The van der Waals surface area contributed by atoms with Crippen LogP contribution in [0.25, 0.3) is 11.4 Å². The Kier molecular flexibility index (Phi) is 5.52. The lowest BCUT2D eigenvalue weighted by Gasteiger charge is -2.28. The third kappa shape index (κ3) is 4.05. The predicted molar refractivity (Wildman–Crippen MR) is 125 cm³/mol. The quantitative estimate of drug-likeness (QED) is 0.653. The molecule has 2 bridgehead atoms. The molecule has 0 radical (unpaired) electrons. The minimum Gasteiger partial charge on any atom is -0.348 e. The number of hydrogen-bond donors (Lipinski definition) is 1. The normalized spacial score (nSPS) is 19.5. The van der Waals surface area contributed by atoms with E-state index in [-0.39, 0.29) is 36.5 Å². The summed E-state index contributed by atoms with van der Waals surface area (Å²) in [4.78, 5) is 33.3. The van der Waals surface area contributed by atoms with Crippen molar-refractivity contribution in [1.82, 2.24) is 29.5 Å². The van der Waals surface area contributed by atoms with E-state index in [2.05, 4.69) is 15.0 Å². The predicted octanol–water partition coefficient (Wildman–Crippen LogP) is 2.81. The van der Waals surface area contributed by atoms with E-state index >= 15 is 0 Å². The highest BCUT2D eigenvalue weighted by Crippen LogP contribution is 2.35. The highest BCUT2D eigenvalue weighted by Gasteiger charge is 2.42. The van der Waals surface area contributed by atoms with Crippen LogP contribution in [-0.2, 0) is 24.3 Å². The Morgan fingerprint density at radius 3 is 2.61 bits per heavy atom. The molecule has 0 unspecified atom stereocenters. The average molecular weight is 447 g/mol. The molecule has 2 amide bonds. The molecule has 33 heavy (non-hydrogen) atoms. The number of carbonyl (C=O) groups excluding carboxylic acids is 2. The summed E-state index contributed by atoms with van der Waals surface area (Å²) in [5, 5.41) is 7.29. The van der Waals surface area contributed by atoms with E-state index < -0.39 is 0 Å². The monoisotopic (exact) mass is 446 g/mol. The van der Waals surface area contributed by atoms with Gasteiger partial charge in [-0.25, -0.2) is 4.98 Å². The van der Waals surface area contributed by atoms with Crippen molar-refractivity contribution >= 4 is 11.8 Å². The van der Waals surface area contributed by atoms with Crippen molar-refractivity contribution in [3.63, 3.8) is 0 Å². The summed E-state index contributed by atoms with van der Waals surface area (Å²) in [7, 11) is 0. The Bertz CT molecular complexity index is 1180. The van der Waals surface area contributed by atoms with Gasteiger partial charge in [0.15, 0.2) is 0 Å². The number of amides is 2. The molecule has 1 fully saturated rings. The summed E-state index contributed by atoms with van der Waals surface area (Å²) in [5.41, 5.74) is 3.42. The fourth-order valence-electron chi connectivity index (χ4n) is 5.17. The van der Waals surface area contributed by atoms with Crippen LogP contribution >= 0.6 is 0 Å². The van der Waals surface area contributed by atoms with Gasteiger partial charge in [-0.1, -0.05) is 30.3 Å². The molecule has 2 aromatic heterocycles. The molecule has 5 rings (SSSR count). The number of aryl methyl sites for hydroxylation is 1. The van der Waals surface area contributed by atoms with Gasteiger partial charge in [0, 0.05) is 36.8 Å². The molecule has 8 nitrogen and oxygen atoms in total. The first-order valence-electron chi connectivity index (χ1n) is 11.7. The van der Waals surface area contributed by atoms with Crippen LogP contribution in [0.2, 0.25) is 0 Å². The fourth-order valence-corrected chi connectivity index (χ4v) is 5.17. The maximum Gasteiger partial charge on any atom is 0.271 e. The van der Waals surface area contributed by atoms with Gasteiger partial charge in [0.05, 0.1) is 17.9 Å². The Labute approximate surface area is 193 Å². The summed E-state index contributed by atoms with van der Waals surface area (Å²) in [5.74, 6) is 0.722. The minimum absolute atomic E-state index is 0.0212. The van der Waals surface area contributed by atoms with Crippen LogP contribution < -0.4 is 5.32 Å². The zero-order chi connectivity index (χ0) is 23.1. The van der Waals surface area contributed by atoms with Gasteiger partial charge in [-0.2, -0.15) is 5.10 Å². The summed E-state index contributed by atoms with van der Waals surface area (Å²) < 4.78 is 3.88. The molecule has 1 aromatic carbocycles. The van der Waals surface area contributed by atoms with E-state index in [1.807, 2.05) is 62.2 Å². The number of nitrogens with zero attached hydrogens (tertiary/aromatic N) is 5. The number of imidazole rings is 1. The Morgan fingerprint density at radius 2 is 1.91 bits per heavy atom. The molecule has 0 aliphatic carbocycles. The Balaban J connectivity index is 1.51. The second-order valence-electron chi connectivity index (χ2n) is 9.44. The Hall–Kier alpha value is -3.42. The topological polar surface area (TPSA) is 85.1 Å². The highest BCUT2D eigenvalue weighted by molar-refractivity contribution is 5.94. The van der Waals surface area contributed by atoms with Gasteiger partial charge < -0.3 is 14.8 Å². The lowest BCUT2D eigenvalue weighted by atomic mass is 10.0. The van der Waals surface area contributed by atoms with Crippen LogP contribution in [0.4, 0.5) is 0 Å². The molecule has 0 spiro atoms. The second kappa shape index (κ2) is 8.50. The first-order chi connectivity index (χ1) is 15.9. The molecular weight excluding hydrogens is 416 g/mol. The maximum atomic E-state index is 13.3. The largest absolute Gasteiger partial charge is 0.348 e. The molecule has 2 aliphatic heterocycles. The standard InChI is InChI=1S/C25H30N6O2/c1-16(2)27-25(33)23-21-11-19-9-10-20(31(19)22(32)15-29-13-17(3)12-26-29)14-30(21)24(28-23)18-7-5-4-6-8-18/h4-8,12-13,16,19-20H,9-11,14-15H2,1-3H3,(H,27,33)/t19-,20+/m1/s1.